The first-order chi connectivity index (χ1) is 16.7. The minimum atomic E-state index is -0.253. The standard InChI is InChI=1S/C25H30N4O5S/c1-28(2)12-18-19(33-4)8-14(9-20(18)34-5)17-13-29(3)25(32)16-10-21(35-23(16)17)24(31)27-15-6-7-22(30)26-11-15/h8-10,13,15H,6-7,11-12H2,1-5H3,(H,26,30)(H,27,31). The number of piperidine rings is 1. The van der Waals surface area contributed by atoms with E-state index in [2.05, 4.69) is 10.6 Å². The molecule has 10 heteroatoms. The highest BCUT2D eigenvalue weighted by molar-refractivity contribution is 7.21. The van der Waals surface area contributed by atoms with Crippen molar-refractivity contribution in [2.24, 2.45) is 7.05 Å². The third kappa shape index (κ3) is 5.03. The number of amides is 2. The molecule has 0 spiro atoms. The maximum absolute atomic E-state index is 13.0. The average Bonchev–Trinajstić information content (AvgIpc) is 3.28. The Labute approximate surface area is 207 Å². The Morgan fingerprint density at radius 3 is 2.46 bits per heavy atom. The maximum Gasteiger partial charge on any atom is 0.261 e. The van der Waals surface area contributed by atoms with Crippen LogP contribution in [-0.4, -0.2) is 62.2 Å². The molecule has 3 heterocycles. The number of aromatic nitrogens is 1. The van der Waals surface area contributed by atoms with E-state index in [0.717, 1.165) is 21.4 Å². The number of fused-ring (bicyclic) bond motifs is 1. The molecule has 4 rings (SSSR count). The van der Waals surface area contributed by atoms with Crippen LogP contribution in [0.25, 0.3) is 21.2 Å². The quantitative estimate of drug-likeness (QED) is 0.519. The van der Waals surface area contributed by atoms with Crippen molar-refractivity contribution < 1.29 is 19.1 Å². The molecule has 2 aromatic heterocycles. The largest absolute Gasteiger partial charge is 0.496 e. The molecule has 0 radical (unpaired) electrons. The molecule has 2 amide bonds. The Balaban J connectivity index is 1.78. The number of thiophene rings is 1. The van der Waals surface area contributed by atoms with Crippen molar-refractivity contribution in [2.75, 3.05) is 34.9 Å². The number of nitrogens with one attached hydrogen (secondary N) is 2. The lowest BCUT2D eigenvalue weighted by Gasteiger charge is -2.23. The Morgan fingerprint density at radius 2 is 1.89 bits per heavy atom. The van der Waals surface area contributed by atoms with Gasteiger partial charge in [-0.05, 0) is 44.3 Å². The first-order valence-corrected chi connectivity index (χ1v) is 12.1. The topological polar surface area (TPSA) is 102 Å². The Hall–Kier alpha value is -3.37. The molecular formula is C25H30N4O5S. The molecule has 3 aromatic rings. The second-order valence-corrected chi connectivity index (χ2v) is 9.97. The molecule has 1 aliphatic heterocycles. The summed E-state index contributed by atoms with van der Waals surface area (Å²) >= 11 is 1.28. The number of hydrogen-bond donors (Lipinski definition) is 2. The van der Waals surface area contributed by atoms with E-state index in [0.29, 0.717) is 47.7 Å². The number of pyridine rings is 1. The third-order valence-electron chi connectivity index (χ3n) is 6.07. The van der Waals surface area contributed by atoms with E-state index < -0.39 is 0 Å². The second-order valence-electron chi connectivity index (χ2n) is 8.92. The Kier molecular flexibility index (Phi) is 7.13. The van der Waals surface area contributed by atoms with E-state index in [1.165, 1.54) is 15.9 Å². The van der Waals surface area contributed by atoms with Crippen molar-refractivity contribution in [3.63, 3.8) is 0 Å². The van der Waals surface area contributed by atoms with Gasteiger partial charge in [0.25, 0.3) is 11.5 Å². The smallest absolute Gasteiger partial charge is 0.261 e. The molecule has 1 unspecified atom stereocenters. The molecule has 1 saturated heterocycles. The fraction of sp³-hybridized carbons (Fsp3) is 0.400. The van der Waals surface area contributed by atoms with Gasteiger partial charge < -0.3 is 29.6 Å². The van der Waals surface area contributed by atoms with Gasteiger partial charge in [-0.15, -0.1) is 11.3 Å². The predicted octanol–water partition coefficient (Wildman–Crippen LogP) is 2.35. The van der Waals surface area contributed by atoms with Crippen molar-refractivity contribution in [1.82, 2.24) is 20.1 Å². The van der Waals surface area contributed by atoms with Crippen LogP contribution in [0.4, 0.5) is 0 Å². The first kappa shape index (κ1) is 24.7. The van der Waals surface area contributed by atoms with Gasteiger partial charge in [-0.3, -0.25) is 14.4 Å². The Bertz CT molecular complexity index is 1310. The van der Waals surface area contributed by atoms with E-state index in [1.54, 1.807) is 33.5 Å². The fourth-order valence-electron chi connectivity index (χ4n) is 4.29. The van der Waals surface area contributed by atoms with Crippen LogP contribution in [-0.2, 0) is 18.4 Å². The summed E-state index contributed by atoms with van der Waals surface area (Å²) in [6, 6.07) is 5.39. The number of rotatable bonds is 7. The zero-order chi connectivity index (χ0) is 25.3. The SMILES string of the molecule is COc1cc(-c2cn(C)c(=O)c3cc(C(=O)NC4CCC(=O)NC4)sc23)cc(OC)c1CN(C)C. The van der Waals surface area contributed by atoms with Gasteiger partial charge >= 0.3 is 0 Å². The van der Waals surface area contributed by atoms with E-state index >= 15 is 0 Å². The molecule has 186 valence electrons. The van der Waals surface area contributed by atoms with Crippen molar-refractivity contribution in [1.29, 1.82) is 0 Å². The number of hydrogen-bond acceptors (Lipinski definition) is 7. The highest BCUT2D eigenvalue weighted by Crippen LogP contribution is 2.39. The van der Waals surface area contributed by atoms with Crippen LogP contribution in [0.3, 0.4) is 0 Å². The minimum Gasteiger partial charge on any atom is -0.496 e. The number of methoxy groups -OCH3 is 2. The van der Waals surface area contributed by atoms with E-state index in [9.17, 15) is 14.4 Å². The minimum absolute atomic E-state index is 0.00652. The summed E-state index contributed by atoms with van der Waals surface area (Å²) in [5.41, 5.74) is 2.39. The van der Waals surface area contributed by atoms with Gasteiger partial charge in [0, 0.05) is 49.1 Å². The van der Waals surface area contributed by atoms with Gasteiger partial charge in [0.05, 0.1) is 30.0 Å². The molecule has 0 saturated carbocycles. The molecule has 1 aliphatic rings. The number of carbonyl (C=O) groups is 2. The molecule has 1 fully saturated rings. The normalized spacial score (nSPS) is 15.8. The lowest BCUT2D eigenvalue weighted by atomic mass is 10.0. The third-order valence-corrected chi connectivity index (χ3v) is 7.24. The lowest BCUT2D eigenvalue weighted by Crippen LogP contribution is -2.47. The lowest BCUT2D eigenvalue weighted by molar-refractivity contribution is -0.122. The molecule has 0 aliphatic carbocycles. The number of benzene rings is 1. The number of carbonyl (C=O) groups excluding carboxylic acids is 2. The summed E-state index contributed by atoms with van der Waals surface area (Å²) in [5, 5.41) is 6.22. The number of nitrogens with zero attached hydrogens (tertiary/aromatic N) is 2. The van der Waals surface area contributed by atoms with E-state index in [1.807, 2.05) is 31.1 Å². The number of aryl methyl sites for hydroxylation is 1. The summed E-state index contributed by atoms with van der Waals surface area (Å²) in [7, 11) is 8.89. The van der Waals surface area contributed by atoms with Gasteiger partial charge in [-0.1, -0.05) is 0 Å². The summed E-state index contributed by atoms with van der Waals surface area (Å²) in [6.07, 6.45) is 2.75. The highest BCUT2D eigenvalue weighted by Gasteiger charge is 2.23. The fourth-order valence-corrected chi connectivity index (χ4v) is 5.38. The van der Waals surface area contributed by atoms with Gasteiger partial charge in [-0.2, -0.15) is 0 Å². The van der Waals surface area contributed by atoms with Gasteiger partial charge in [-0.25, -0.2) is 0 Å². The van der Waals surface area contributed by atoms with E-state index in [-0.39, 0.29) is 23.4 Å². The zero-order valence-corrected chi connectivity index (χ0v) is 21.4. The number of ether oxygens (including phenoxy) is 2. The summed E-state index contributed by atoms with van der Waals surface area (Å²) in [6.45, 7) is 1.04. The molecule has 0 bridgehead atoms. The zero-order valence-electron chi connectivity index (χ0n) is 20.6. The monoisotopic (exact) mass is 498 g/mol. The van der Waals surface area contributed by atoms with Crippen molar-refractivity contribution in [3.8, 4) is 22.6 Å². The van der Waals surface area contributed by atoms with Crippen LogP contribution in [0.2, 0.25) is 0 Å². The molecule has 2 N–H and O–H groups in total. The van der Waals surface area contributed by atoms with Crippen LogP contribution in [0.5, 0.6) is 11.5 Å². The van der Waals surface area contributed by atoms with Gasteiger partial charge in [0.2, 0.25) is 5.91 Å². The van der Waals surface area contributed by atoms with Gasteiger partial charge in [0.1, 0.15) is 11.5 Å². The molecule has 1 aromatic carbocycles. The molecule has 9 nitrogen and oxygen atoms in total. The summed E-state index contributed by atoms with van der Waals surface area (Å²) in [4.78, 5) is 39.8. The predicted molar refractivity (Wildman–Crippen MR) is 136 cm³/mol. The van der Waals surface area contributed by atoms with Crippen molar-refractivity contribution in [2.45, 2.75) is 25.4 Å². The van der Waals surface area contributed by atoms with Crippen molar-refractivity contribution >= 4 is 33.2 Å². The first-order valence-electron chi connectivity index (χ1n) is 11.3. The van der Waals surface area contributed by atoms with Crippen LogP contribution in [0.1, 0.15) is 28.1 Å². The molecular weight excluding hydrogens is 468 g/mol. The van der Waals surface area contributed by atoms with Crippen LogP contribution in [0, 0.1) is 0 Å². The summed E-state index contributed by atoms with van der Waals surface area (Å²) < 4.78 is 13.6. The van der Waals surface area contributed by atoms with Crippen LogP contribution in [0.15, 0.2) is 29.2 Å². The molecule has 1 atom stereocenters. The van der Waals surface area contributed by atoms with Crippen molar-refractivity contribution in [3.05, 3.63) is 45.2 Å². The second kappa shape index (κ2) is 10.1. The van der Waals surface area contributed by atoms with Gasteiger partial charge in [0.15, 0.2) is 0 Å². The summed E-state index contributed by atoms with van der Waals surface area (Å²) in [5.74, 6) is 1.11. The van der Waals surface area contributed by atoms with Crippen LogP contribution >= 0.6 is 11.3 Å². The van der Waals surface area contributed by atoms with Crippen LogP contribution < -0.4 is 25.7 Å². The average molecular weight is 499 g/mol. The Morgan fingerprint density at radius 1 is 1.20 bits per heavy atom. The molecule has 35 heavy (non-hydrogen) atoms. The maximum atomic E-state index is 13.0. The highest BCUT2D eigenvalue weighted by atomic mass is 32.1. The van der Waals surface area contributed by atoms with E-state index in [4.69, 9.17) is 9.47 Å².